The summed E-state index contributed by atoms with van der Waals surface area (Å²) in [4.78, 5) is 5.80. The van der Waals surface area contributed by atoms with E-state index in [9.17, 15) is 10.2 Å². The Kier molecular flexibility index (Phi) is 3.52. The fraction of sp³-hybridized carbons (Fsp3) is 0.667. The van der Waals surface area contributed by atoms with Gasteiger partial charge in [-0.05, 0) is 0 Å². The summed E-state index contributed by atoms with van der Waals surface area (Å²) < 4.78 is 5.79. The van der Waals surface area contributed by atoms with Crippen LogP contribution >= 0.6 is 0 Å². The van der Waals surface area contributed by atoms with Gasteiger partial charge in [0.25, 0.3) is 0 Å². The quantitative estimate of drug-likeness (QED) is 0.616. The lowest BCUT2D eigenvalue weighted by atomic mass is 9.91. The molecular weight excluding hydrogens is 234 g/mol. The largest absolute Gasteiger partial charge is 0.393 e. The summed E-state index contributed by atoms with van der Waals surface area (Å²) in [6, 6.07) is 0. The molecule has 0 spiro atoms. The van der Waals surface area contributed by atoms with Gasteiger partial charge in [0, 0.05) is 18.9 Å². The van der Waals surface area contributed by atoms with Crippen LogP contribution in [0.4, 0.5) is 0 Å². The Bertz CT molecular complexity index is 385. The first-order valence-corrected chi connectivity index (χ1v) is 6.02. The number of rotatable bonds is 3. The highest BCUT2D eigenvalue weighted by molar-refractivity contribution is 5.88. The van der Waals surface area contributed by atoms with Crippen molar-refractivity contribution in [1.82, 2.24) is 4.90 Å². The molecule has 0 aromatic heterocycles. The van der Waals surface area contributed by atoms with Crippen molar-refractivity contribution in [2.24, 2.45) is 10.9 Å². The molecule has 6 heteroatoms. The van der Waals surface area contributed by atoms with Crippen LogP contribution in [-0.4, -0.2) is 58.4 Å². The summed E-state index contributed by atoms with van der Waals surface area (Å²) in [6.45, 7) is 5.82. The molecule has 1 saturated heterocycles. The second-order valence-electron chi connectivity index (χ2n) is 4.81. The number of nitrogens with zero attached hydrogens (tertiary/aromatic N) is 2. The van der Waals surface area contributed by atoms with Gasteiger partial charge in [0.2, 0.25) is 0 Å². The molecule has 2 heterocycles. The van der Waals surface area contributed by atoms with Crippen molar-refractivity contribution < 1.29 is 14.9 Å². The van der Waals surface area contributed by atoms with Crippen molar-refractivity contribution in [1.29, 1.82) is 5.41 Å². The first-order chi connectivity index (χ1) is 8.54. The molecule has 2 aliphatic rings. The third-order valence-electron chi connectivity index (χ3n) is 3.68. The van der Waals surface area contributed by atoms with Gasteiger partial charge in [0.05, 0.1) is 19.0 Å². The average molecular weight is 253 g/mol. The summed E-state index contributed by atoms with van der Waals surface area (Å²) in [5.41, 5.74) is -1.11. The van der Waals surface area contributed by atoms with Gasteiger partial charge < -0.3 is 19.8 Å². The van der Waals surface area contributed by atoms with E-state index in [-0.39, 0.29) is 18.8 Å². The molecule has 6 nitrogen and oxygen atoms in total. The molecule has 0 aliphatic carbocycles. The normalized spacial score (nSPS) is 40.3. The molecule has 0 saturated carbocycles. The van der Waals surface area contributed by atoms with Gasteiger partial charge in [0.1, 0.15) is 17.7 Å². The molecule has 18 heavy (non-hydrogen) atoms. The molecule has 0 bridgehead atoms. The lowest BCUT2D eigenvalue weighted by molar-refractivity contribution is -0.105. The van der Waals surface area contributed by atoms with E-state index in [1.54, 1.807) is 6.34 Å². The molecule has 0 aromatic rings. The maximum atomic E-state index is 10.2. The van der Waals surface area contributed by atoms with Crippen LogP contribution in [0.5, 0.6) is 0 Å². The van der Waals surface area contributed by atoms with Crippen molar-refractivity contribution in [3.05, 3.63) is 12.7 Å². The highest BCUT2D eigenvalue weighted by atomic mass is 16.6. The minimum atomic E-state index is -1.11. The highest BCUT2D eigenvalue weighted by Gasteiger charge is 2.52. The predicted molar refractivity (Wildman–Crippen MR) is 67.6 cm³/mol. The van der Waals surface area contributed by atoms with Gasteiger partial charge in [-0.1, -0.05) is 13.0 Å². The summed E-state index contributed by atoms with van der Waals surface area (Å²) in [6.07, 6.45) is 2.41. The van der Waals surface area contributed by atoms with Gasteiger partial charge in [0.15, 0.2) is 0 Å². The van der Waals surface area contributed by atoms with E-state index < -0.39 is 11.7 Å². The van der Waals surface area contributed by atoms with Crippen LogP contribution in [0.3, 0.4) is 0 Å². The number of hydrogen-bond acceptors (Lipinski definition) is 5. The Morgan fingerprint density at radius 1 is 1.78 bits per heavy atom. The molecular formula is C12H19N3O3. The Hall–Kier alpha value is -1.24. The van der Waals surface area contributed by atoms with E-state index in [4.69, 9.17) is 10.1 Å². The van der Waals surface area contributed by atoms with Crippen molar-refractivity contribution in [2.75, 3.05) is 13.2 Å². The van der Waals surface area contributed by atoms with Gasteiger partial charge in [-0.3, -0.25) is 5.41 Å². The zero-order chi connectivity index (χ0) is 13.3. The summed E-state index contributed by atoms with van der Waals surface area (Å²) in [5, 5.41) is 27.0. The topological polar surface area (TPSA) is 89.1 Å². The van der Waals surface area contributed by atoms with Crippen molar-refractivity contribution >= 4 is 12.2 Å². The molecule has 4 atom stereocenters. The summed E-state index contributed by atoms with van der Waals surface area (Å²) in [5.74, 6) is 0.170. The van der Waals surface area contributed by atoms with Crippen LogP contribution in [0.15, 0.2) is 17.6 Å². The monoisotopic (exact) mass is 253 g/mol. The Morgan fingerprint density at radius 3 is 2.94 bits per heavy atom. The number of nitrogens with one attached hydrogen (secondary N) is 1. The van der Waals surface area contributed by atoms with Crippen molar-refractivity contribution in [2.45, 2.75) is 31.3 Å². The van der Waals surface area contributed by atoms with E-state index in [2.05, 4.69) is 11.6 Å². The van der Waals surface area contributed by atoms with E-state index in [1.165, 1.54) is 6.08 Å². The number of ether oxygens (including phenoxy) is 1. The second kappa shape index (κ2) is 4.79. The highest BCUT2D eigenvalue weighted by Crippen LogP contribution is 2.37. The molecule has 1 unspecified atom stereocenters. The molecule has 0 amide bonds. The molecule has 1 fully saturated rings. The molecule has 2 aliphatic heterocycles. The van der Waals surface area contributed by atoms with E-state index in [0.717, 1.165) is 0 Å². The van der Waals surface area contributed by atoms with Crippen LogP contribution in [0.25, 0.3) is 0 Å². The number of hydrogen-bond donors (Lipinski definition) is 3. The first kappa shape index (κ1) is 13.2. The van der Waals surface area contributed by atoms with Crippen molar-refractivity contribution in [3.63, 3.8) is 0 Å². The fourth-order valence-electron chi connectivity index (χ4n) is 2.43. The number of aliphatic hydroxyl groups is 2. The fourth-order valence-corrected chi connectivity index (χ4v) is 2.43. The molecule has 0 radical (unpaired) electrons. The van der Waals surface area contributed by atoms with Crippen molar-refractivity contribution in [3.8, 4) is 0 Å². The maximum absolute atomic E-state index is 10.2. The van der Waals surface area contributed by atoms with E-state index >= 15 is 0 Å². The van der Waals surface area contributed by atoms with E-state index in [1.807, 2.05) is 11.8 Å². The zero-order valence-electron chi connectivity index (χ0n) is 10.4. The number of aliphatic imine (C=N–C) groups is 1. The summed E-state index contributed by atoms with van der Waals surface area (Å²) in [7, 11) is 0. The standard InChI is InChI=1S/C12H19N3O3/c1-3-12(6-16)10(17)8(2)11(18-12)15-5-4-9(13)14-7-15/h3,7-8,10-11,13,16-17H,1,4-6H2,2H3/t8-,10-,11+,12?/m0/s1. The lowest BCUT2D eigenvalue weighted by Crippen LogP contribution is -2.43. The van der Waals surface area contributed by atoms with Gasteiger partial charge in [-0.2, -0.15) is 0 Å². The first-order valence-electron chi connectivity index (χ1n) is 6.02. The average Bonchev–Trinajstić information content (AvgIpc) is 2.65. The van der Waals surface area contributed by atoms with Gasteiger partial charge in [-0.15, -0.1) is 6.58 Å². The minimum absolute atomic E-state index is 0.172. The van der Waals surface area contributed by atoms with Gasteiger partial charge in [-0.25, -0.2) is 4.99 Å². The Balaban J connectivity index is 2.18. The molecule has 3 N–H and O–H groups in total. The smallest absolute Gasteiger partial charge is 0.138 e. The third kappa shape index (κ3) is 1.96. The van der Waals surface area contributed by atoms with Crippen LogP contribution in [0.2, 0.25) is 0 Å². The lowest BCUT2D eigenvalue weighted by Gasteiger charge is -2.32. The zero-order valence-corrected chi connectivity index (χ0v) is 10.4. The van der Waals surface area contributed by atoms with Gasteiger partial charge >= 0.3 is 0 Å². The Labute approximate surface area is 106 Å². The molecule has 100 valence electrons. The molecule has 0 aromatic carbocycles. The second-order valence-corrected chi connectivity index (χ2v) is 4.81. The summed E-state index contributed by atoms with van der Waals surface area (Å²) >= 11 is 0. The van der Waals surface area contributed by atoms with Crippen LogP contribution in [-0.2, 0) is 4.74 Å². The number of aliphatic hydroxyl groups excluding tert-OH is 2. The van der Waals surface area contributed by atoms with Crippen LogP contribution < -0.4 is 0 Å². The SMILES string of the molecule is C=CC1(CO)O[C@@H](N2C=NC(=N)CC2)[C@@H](C)[C@@H]1O. The third-order valence-corrected chi connectivity index (χ3v) is 3.68. The van der Waals surface area contributed by atoms with Crippen LogP contribution in [0, 0.1) is 11.3 Å². The Morgan fingerprint density at radius 2 is 2.50 bits per heavy atom. The van der Waals surface area contributed by atoms with E-state index in [0.29, 0.717) is 18.8 Å². The molecule has 2 rings (SSSR count). The number of amidine groups is 1. The predicted octanol–water partition coefficient (Wildman–Crippen LogP) is -0.0319. The maximum Gasteiger partial charge on any atom is 0.138 e. The minimum Gasteiger partial charge on any atom is -0.393 e. The van der Waals surface area contributed by atoms with Crippen LogP contribution in [0.1, 0.15) is 13.3 Å².